The van der Waals surface area contributed by atoms with Crippen LogP contribution in [0.2, 0.25) is 0 Å². The Labute approximate surface area is 82.6 Å². The lowest BCUT2D eigenvalue weighted by Crippen LogP contribution is -2.28. The normalized spacial score (nSPS) is 13.2. The van der Waals surface area contributed by atoms with Crippen molar-refractivity contribution in [1.82, 2.24) is 10.2 Å². The van der Waals surface area contributed by atoms with Crippen molar-refractivity contribution in [3.05, 3.63) is 5.51 Å². The molecule has 0 aliphatic heterocycles. The first-order chi connectivity index (χ1) is 6.24. The van der Waals surface area contributed by atoms with E-state index < -0.39 is 0 Å². The van der Waals surface area contributed by atoms with E-state index in [1.54, 1.807) is 5.51 Å². The topological polar surface area (TPSA) is 63.8 Å². The minimum Gasteiger partial charge on any atom is -0.357 e. The summed E-state index contributed by atoms with van der Waals surface area (Å²) in [6.45, 7) is 5.05. The molecule has 13 heavy (non-hydrogen) atoms. The minimum absolute atomic E-state index is 0.401. The standard InChI is InChI=1S/C8H16N4S/c1-6(2)7(3-4-9)11-8-12-10-5-13-8/h5-7H,3-4,9H2,1-2H3,(H,11,12). The Balaban J connectivity index is 2.47. The average molecular weight is 200 g/mol. The highest BCUT2D eigenvalue weighted by molar-refractivity contribution is 7.13. The largest absolute Gasteiger partial charge is 0.357 e. The van der Waals surface area contributed by atoms with Gasteiger partial charge in [-0.2, -0.15) is 0 Å². The van der Waals surface area contributed by atoms with Crippen molar-refractivity contribution in [3.63, 3.8) is 0 Å². The maximum atomic E-state index is 5.52. The van der Waals surface area contributed by atoms with E-state index in [2.05, 4.69) is 29.4 Å². The highest BCUT2D eigenvalue weighted by atomic mass is 32.1. The van der Waals surface area contributed by atoms with Gasteiger partial charge in [0.25, 0.3) is 0 Å². The van der Waals surface area contributed by atoms with Crippen molar-refractivity contribution >= 4 is 16.5 Å². The van der Waals surface area contributed by atoms with E-state index in [-0.39, 0.29) is 0 Å². The number of rotatable bonds is 5. The number of hydrogen-bond acceptors (Lipinski definition) is 5. The lowest BCUT2D eigenvalue weighted by Gasteiger charge is -2.20. The highest BCUT2D eigenvalue weighted by Gasteiger charge is 2.12. The molecule has 0 radical (unpaired) electrons. The van der Waals surface area contributed by atoms with Crippen LogP contribution in [0.1, 0.15) is 20.3 Å². The zero-order valence-electron chi connectivity index (χ0n) is 8.03. The van der Waals surface area contributed by atoms with E-state index in [9.17, 15) is 0 Å². The van der Waals surface area contributed by atoms with Crippen LogP contribution >= 0.6 is 11.3 Å². The maximum absolute atomic E-state index is 5.52. The van der Waals surface area contributed by atoms with Crippen molar-refractivity contribution in [3.8, 4) is 0 Å². The van der Waals surface area contributed by atoms with E-state index in [0.29, 0.717) is 18.5 Å². The minimum atomic E-state index is 0.401. The van der Waals surface area contributed by atoms with Crippen LogP contribution in [0, 0.1) is 5.92 Å². The fourth-order valence-electron chi connectivity index (χ4n) is 1.15. The molecule has 5 heteroatoms. The molecule has 0 fully saturated rings. The Morgan fingerprint density at radius 2 is 2.38 bits per heavy atom. The van der Waals surface area contributed by atoms with Crippen LogP contribution < -0.4 is 11.1 Å². The monoisotopic (exact) mass is 200 g/mol. The first kappa shape index (κ1) is 10.4. The summed E-state index contributed by atoms with van der Waals surface area (Å²) in [5, 5.41) is 11.9. The van der Waals surface area contributed by atoms with Gasteiger partial charge in [0.15, 0.2) is 0 Å². The molecule has 3 N–H and O–H groups in total. The quantitative estimate of drug-likeness (QED) is 0.752. The molecule has 1 rings (SSSR count). The van der Waals surface area contributed by atoms with Crippen molar-refractivity contribution in [2.75, 3.05) is 11.9 Å². The maximum Gasteiger partial charge on any atom is 0.205 e. The number of nitrogens with one attached hydrogen (secondary N) is 1. The molecule has 1 atom stereocenters. The Hall–Kier alpha value is -0.680. The van der Waals surface area contributed by atoms with Gasteiger partial charge in [-0.3, -0.25) is 0 Å². The molecule has 0 spiro atoms. The van der Waals surface area contributed by atoms with Gasteiger partial charge < -0.3 is 11.1 Å². The summed E-state index contributed by atoms with van der Waals surface area (Å²) < 4.78 is 0. The zero-order valence-corrected chi connectivity index (χ0v) is 8.84. The van der Waals surface area contributed by atoms with E-state index in [1.165, 1.54) is 11.3 Å². The molecule has 0 amide bonds. The van der Waals surface area contributed by atoms with Crippen LogP contribution in [0.15, 0.2) is 5.51 Å². The second kappa shape index (κ2) is 5.14. The number of nitrogens with two attached hydrogens (primary N) is 1. The third-order valence-electron chi connectivity index (χ3n) is 1.95. The van der Waals surface area contributed by atoms with Crippen LogP contribution in [-0.4, -0.2) is 22.8 Å². The predicted molar refractivity (Wildman–Crippen MR) is 55.8 cm³/mol. The van der Waals surface area contributed by atoms with Crippen LogP contribution in [0.3, 0.4) is 0 Å². The molecule has 74 valence electrons. The summed E-state index contributed by atoms with van der Waals surface area (Å²) in [4.78, 5) is 0. The van der Waals surface area contributed by atoms with E-state index >= 15 is 0 Å². The first-order valence-corrected chi connectivity index (χ1v) is 5.34. The van der Waals surface area contributed by atoms with Crippen molar-refractivity contribution in [2.24, 2.45) is 11.7 Å². The molecule has 1 aromatic heterocycles. The zero-order chi connectivity index (χ0) is 9.68. The van der Waals surface area contributed by atoms with Crippen molar-refractivity contribution < 1.29 is 0 Å². The highest BCUT2D eigenvalue weighted by Crippen LogP contribution is 2.15. The molecular weight excluding hydrogens is 184 g/mol. The summed E-state index contributed by atoms with van der Waals surface area (Å²) >= 11 is 1.52. The summed E-state index contributed by atoms with van der Waals surface area (Å²) in [7, 11) is 0. The Morgan fingerprint density at radius 1 is 1.62 bits per heavy atom. The first-order valence-electron chi connectivity index (χ1n) is 4.46. The van der Waals surface area contributed by atoms with Gasteiger partial charge >= 0.3 is 0 Å². The van der Waals surface area contributed by atoms with E-state index in [1.807, 2.05) is 0 Å². The Bertz CT molecular complexity index is 222. The molecular formula is C8H16N4S. The molecule has 1 unspecified atom stereocenters. The van der Waals surface area contributed by atoms with Crippen LogP contribution in [-0.2, 0) is 0 Å². The average Bonchev–Trinajstić information content (AvgIpc) is 2.56. The van der Waals surface area contributed by atoms with Gasteiger partial charge in [0, 0.05) is 6.04 Å². The summed E-state index contributed by atoms with van der Waals surface area (Å²) in [6.07, 6.45) is 0.969. The Morgan fingerprint density at radius 3 is 2.85 bits per heavy atom. The molecule has 0 bridgehead atoms. The van der Waals surface area contributed by atoms with Crippen LogP contribution in [0.4, 0.5) is 5.13 Å². The van der Waals surface area contributed by atoms with E-state index in [0.717, 1.165) is 11.6 Å². The van der Waals surface area contributed by atoms with Crippen LogP contribution in [0.25, 0.3) is 0 Å². The van der Waals surface area contributed by atoms with Crippen molar-refractivity contribution in [2.45, 2.75) is 26.3 Å². The fraction of sp³-hybridized carbons (Fsp3) is 0.750. The lowest BCUT2D eigenvalue weighted by molar-refractivity contribution is 0.498. The number of anilines is 1. The summed E-state index contributed by atoms with van der Waals surface area (Å²) in [5.74, 6) is 0.562. The van der Waals surface area contributed by atoms with Gasteiger partial charge in [-0.1, -0.05) is 25.2 Å². The number of nitrogens with zero attached hydrogens (tertiary/aromatic N) is 2. The van der Waals surface area contributed by atoms with Gasteiger partial charge in [-0.25, -0.2) is 0 Å². The SMILES string of the molecule is CC(C)C(CCN)Nc1nncs1. The predicted octanol–water partition coefficient (Wildman–Crippen LogP) is 1.32. The molecule has 0 saturated carbocycles. The van der Waals surface area contributed by atoms with Gasteiger partial charge in [0.05, 0.1) is 0 Å². The van der Waals surface area contributed by atoms with Gasteiger partial charge in [0.2, 0.25) is 5.13 Å². The molecule has 1 aromatic rings. The second-order valence-electron chi connectivity index (χ2n) is 3.32. The molecule has 0 aromatic carbocycles. The smallest absolute Gasteiger partial charge is 0.205 e. The molecule has 0 aliphatic rings. The van der Waals surface area contributed by atoms with Gasteiger partial charge in [-0.05, 0) is 18.9 Å². The summed E-state index contributed by atoms with van der Waals surface area (Å²) in [6, 6.07) is 0.401. The third kappa shape index (κ3) is 3.28. The fourth-order valence-corrected chi connectivity index (χ4v) is 1.65. The molecule has 4 nitrogen and oxygen atoms in total. The summed E-state index contributed by atoms with van der Waals surface area (Å²) in [5.41, 5.74) is 7.25. The molecule has 1 heterocycles. The molecule has 0 saturated heterocycles. The lowest BCUT2D eigenvalue weighted by atomic mass is 10.0. The third-order valence-corrected chi connectivity index (χ3v) is 2.57. The number of hydrogen-bond donors (Lipinski definition) is 2. The second-order valence-corrected chi connectivity index (χ2v) is 4.15. The van der Waals surface area contributed by atoms with E-state index in [4.69, 9.17) is 5.73 Å². The van der Waals surface area contributed by atoms with Gasteiger partial charge in [0.1, 0.15) is 5.51 Å². The molecule has 0 aliphatic carbocycles. The Kier molecular flexibility index (Phi) is 4.11. The van der Waals surface area contributed by atoms with Crippen LogP contribution in [0.5, 0.6) is 0 Å². The van der Waals surface area contributed by atoms with Gasteiger partial charge in [-0.15, -0.1) is 10.2 Å². The number of aromatic nitrogens is 2. The van der Waals surface area contributed by atoms with Crippen molar-refractivity contribution in [1.29, 1.82) is 0 Å².